The summed E-state index contributed by atoms with van der Waals surface area (Å²) in [5.41, 5.74) is 0.528. The van der Waals surface area contributed by atoms with Gasteiger partial charge in [0.2, 0.25) is 0 Å². The normalized spacial score (nSPS) is 24.9. The Bertz CT molecular complexity index is 376. The van der Waals surface area contributed by atoms with E-state index in [4.69, 9.17) is 16.3 Å². The molecule has 1 aliphatic rings. The lowest BCUT2D eigenvalue weighted by Crippen LogP contribution is -2.24. The summed E-state index contributed by atoms with van der Waals surface area (Å²) in [7, 11) is 0. The third kappa shape index (κ3) is 3.66. The van der Waals surface area contributed by atoms with Gasteiger partial charge in [-0.2, -0.15) is 0 Å². The van der Waals surface area contributed by atoms with Crippen molar-refractivity contribution in [3.8, 4) is 0 Å². The summed E-state index contributed by atoms with van der Waals surface area (Å²) in [6.45, 7) is 0.268. The first-order chi connectivity index (χ1) is 8.15. The standard InChI is InChI=1S/C13H16ClFO2/c14-10-2-1-9(13(15)7-10)8-17-12-5-3-11(16)4-6-12/h1-2,7,11-12,16H,3-6,8H2. The number of halogens is 2. The van der Waals surface area contributed by atoms with Crippen molar-refractivity contribution in [3.63, 3.8) is 0 Å². The molecule has 0 radical (unpaired) electrons. The maximum Gasteiger partial charge on any atom is 0.130 e. The lowest BCUT2D eigenvalue weighted by molar-refractivity contribution is -0.0127. The average molecular weight is 259 g/mol. The number of rotatable bonds is 3. The summed E-state index contributed by atoms with van der Waals surface area (Å²) in [4.78, 5) is 0. The van der Waals surface area contributed by atoms with Crippen molar-refractivity contribution in [2.75, 3.05) is 0 Å². The first kappa shape index (κ1) is 12.8. The molecule has 2 rings (SSSR count). The van der Waals surface area contributed by atoms with Gasteiger partial charge in [0.05, 0.1) is 18.8 Å². The third-order valence-electron chi connectivity index (χ3n) is 3.13. The second-order valence-electron chi connectivity index (χ2n) is 4.48. The SMILES string of the molecule is OC1CCC(OCc2ccc(Cl)cc2F)CC1. The molecule has 0 atom stereocenters. The summed E-state index contributed by atoms with van der Waals surface area (Å²) < 4.78 is 19.1. The van der Waals surface area contributed by atoms with Crippen molar-refractivity contribution in [3.05, 3.63) is 34.6 Å². The van der Waals surface area contributed by atoms with Crippen LogP contribution < -0.4 is 0 Å². The van der Waals surface area contributed by atoms with E-state index in [2.05, 4.69) is 0 Å². The molecule has 17 heavy (non-hydrogen) atoms. The Labute approximate surface area is 105 Å². The van der Waals surface area contributed by atoms with Gasteiger partial charge in [-0.3, -0.25) is 0 Å². The summed E-state index contributed by atoms with van der Waals surface area (Å²) in [6.07, 6.45) is 3.17. The van der Waals surface area contributed by atoms with Crippen LogP contribution in [0.3, 0.4) is 0 Å². The van der Waals surface area contributed by atoms with Gasteiger partial charge in [-0.25, -0.2) is 4.39 Å². The number of hydrogen-bond donors (Lipinski definition) is 1. The van der Waals surface area contributed by atoms with Gasteiger partial charge < -0.3 is 9.84 Å². The molecule has 1 aromatic rings. The van der Waals surface area contributed by atoms with E-state index < -0.39 is 0 Å². The molecule has 0 unspecified atom stereocenters. The molecule has 1 N–H and O–H groups in total. The van der Waals surface area contributed by atoms with E-state index in [1.807, 2.05) is 0 Å². The van der Waals surface area contributed by atoms with Crippen molar-refractivity contribution in [2.45, 2.75) is 44.5 Å². The van der Waals surface area contributed by atoms with Crippen molar-refractivity contribution in [2.24, 2.45) is 0 Å². The Morgan fingerprint density at radius 3 is 2.65 bits per heavy atom. The maximum atomic E-state index is 13.5. The molecule has 94 valence electrons. The molecule has 0 aromatic heterocycles. The van der Waals surface area contributed by atoms with E-state index in [0.29, 0.717) is 10.6 Å². The highest BCUT2D eigenvalue weighted by molar-refractivity contribution is 6.30. The van der Waals surface area contributed by atoms with Crippen LogP contribution >= 0.6 is 11.6 Å². The lowest BCUT2D eigenvalue weighted by Gasteiger charge is -2.25. The molecular weight excluding hydrogens is 243 g/mol. The molecule has 0 aliphatic heterocycles. The van der Waals surface area contributed by atoms with Gasteiger partial charge in [-0.05, 0) is 37.8 Å². The van der Waals surface area contributed by atoms with Gasteiger partial charge in [0.1, 0.15) is 5.82 Å². The van der Waals surface area contributed by atoms with E-state index in [1.165, 1.54) is 6.07 Å². The summed E-state index contributed by atoms with van der Waals surface area (Å²) >= 11 is 5.67. The number of ether oxygens (including phenoxy) is 1. The van der Waals surface area contributed by atoms with Crippen LogP contribution in [0.4, 0.5) is 4.39 Å². The number of aliphatic hydroxyl groups is 1. The Balaban J connectivity index is 1.85. The molecule has 4 heteroatoms. The van der Waals surface area contributed by atoms with Crippen molar-refractivity contribution < 1.29 is 14.2 Å². The van der Waals surface area contributed by atoms with E-state index in [9.17, 15) is 9.50 Å². The fraction of sp³-hybridized carbons (Fsp3) is 0.538. The molecule has 0 heterocycles. The predicted molar refractivity (Wildman–Crippen MR) is 64.5 cm³/mol. The summed E-state index contributed by atoms with van der Waals surface area (Å²) in [6, 6.07) is 4.61. The Morgan fingerprint density at radius 1 is 1.29 bits per heavy atom. The smallest absolute Gasteiger partial charge is 0.130 e. The number of benzene rings is 1. The summed E-state index contributed by atoms with van der Waals surface area (Å²) in [5, 5.41) is 9.75. The minimum atomic E-state index is -0.326. The van der Waals surface area contributed by atoms with Crippen molar-refractivity contribution >= 4 is 11.6 Å². The molecule has 1 aromatic carbocycles. The highest BCUT2D eigenvalue weighted by Crippen LogP contribution is 2.23. The predicted octanol–water partition coefficient (Wildman–Crippen LogP) is 3.30. The zero-order valence-corrected chi connectivity index (χ0v) is 10.3. The van der Waals surface area contributed by atoms with Crippen LogP contribution in [0.5, 0.6) is 0 Å². The van der Waals surface area contributed by atoms with Crippen LogP contribution in [0.2, 0.25) is 5.02 Å². The van der Waals surface area contributed by atoms with Gasteiger partial charge in [0.25, 0.3) is 0 Å². The van der Waals surface area contributed by atoms with E-state index in [1.54, 1.807) is 12.1 Å². The Morgan fingerprint density at radius 2 is 2.00 bits per heavy atom. The molecule has 2 nitrogen and oxygen atoms in total. The number of aliphatic hydroxyl groups excluding tert-OH is 1. The van der Waals surface area contributed by atoms with E-state index in [-0.39, 0.29) is 24.6 Å². The zero-order valence-electron chi connectivity index (χ0n) is 9.53. The molecule has 1 fully saturated rings. The monoisotopic (exact) mass is 258 g/mol. The highest BCUT2D eigenvalue weighted by Gasteiger charge is 2.20. The molecule has 0 bridgehead atoms. The minimum absolute atomic E-state index is 0.133. The number of hydrogen-bond acceptors (Lipinski definition) is 2. The van der Waals surface area contributed by atoms with Gasteiger partial charge in [-0.15, -0.1) is 0 Å². The zero-order chi connectivity index (χ0) is 12.3. The second-order valence-corrected chi connectivity index (χ2v) is 4.91. The Hall–Kier alpha value is -0.640. The first-order valence-electron chi connectivity index (χ1n) is 5.89. The molecule has 1 aliphatic carbocycles. The molecule has 0 amide bonds. The van der Waals surface area contributed by atoms with Gasteiger partial charge >= 0.3 is 0 Å². The van der Waals surface area contributed by atoms with Crippen LogP contribution in [0.1, 0.15) is 31.2 Å². The molecule has 1 saturated carbocycles. The molecule has 0 spiro atoms. The quantitative estimate of drug-likeness (QED) is 0.901. The van der Waals surface area contributed by atoms with Crippen LogP contribution in [0.25, 0.3) is 0 Å². The van der Waals surface area contributed by atoms with Crippen molar-refractivity contribution in [1.82, 2.24) is 0 Å². The largest absolute Gasteiger partial charge is 0.393 e. The Kier molecular flexibility index (Phi) is 4.37. The second kappa shape index (κ2) is 5.80. The topological polar surface area (TPSA) is 29.5 Å². The van der Waals surface area contributed by atoms with Crippen molar-refractivity contribution in [1.29, 1.82) is 0 Å². The average Bonchev–Trinajstić information content (AvgIpc) is 2.30. The van der Waals surface area contributed by atoms with Gasteiger partial charge in [0.15, 0.2) is 0 Å². The van der Waals surface area contributed by atoms with E-state index >= 15 is 0 Å². The van der Waals surface area contributed by atoms with Crippen LogP contribution in [-0.2, 0) is 11.3 Å². The van der Waals surface area contributed by atoms with Crippen LogP contribution in [0, 0.1) is 5.82 Å². The molecule has 0 saturated heterocycles. The first-order valence-corrected chi connectivity index (χ1v) is 6.26. The third-order valence-corrected chi connectivity index (χ3v) is 3.37. The lowest BCUT2D eigenvalue weighted by atomic mass is 9.95. The van der Waals surface area contributed by atoms with Crippen LogP contribution in [0.15, 0.2) is 18.2 Å². The van der Waals surface area contributed by atoms with Crippen LogP contribution in [-0.4, -0.2) is 17.3 Å². The minimum Gasteiger partial charge on any atom is -0.393 e. The fourth-order valence-electron chi connectivity index (χ4n) is 2.06. The van der Waals surface area contributed by atoms with Gasteiger partial charge in [-0.1, -0.05) is 17.7 Å². The van der Waals surface area contributed by atoms with Gasteiger partial charge in [0, 0.05) is 10.6 Å². The van der Waals surface area contributed by atoms with E-state index in [0.717, 1.165) is 25.7 Å². The highest BCUT2D eigenvalue weighted by atomic mass is 35.5. The summed E-state index contributed by atoms with van der Waals surface area (Å²) in [5.74, 6) is -0.326. The fourth-order valence-corrected chi connectivity index (χ4v) is 2.22. The molecular formula is C13H16ClFO2. The maximum absolute atomic E-state index is 13.5.